The van der Waals surface area contributed by atoms with E-state index in [4.69, 9.17) is 9.15 Å². The molecule has 1 atom stereocenters. The van der Waals surface area contributed by atoms with E-state index < -0.39 is 0 Å². The molecule has 1 aliphatic heterocycles. The molecule has 24 heavy (non-hydrogen) atoms. The molecule has 1 N–H and O–H groups in total. The Balaban J connectivity index is 1.39. The van der Waals surface area contributed by atoms with Gasteiger partial charge in [0.05, 0.1) is 13.2 Å². The Morgan fingerprint density at radius 2 is 2.17 bits per heavy atom. The van der Waals surface area contributed by atoms with E-state index in [-0.39, 0.29) is 11.8 Å². The molecule has 4 rings (SSSR count). The molecular weight excluding hydrogens is 306 g/mol. The van der Waals surface area contributed by atoms with Gasteiger partial charge in [0.15, 0.2) is 11.5 Å². The van der Waals surface area contributed by atoms with Gasteiger partial charge in [-0.2, -0.15) is 0 Å². The zero-order valence-corrected chi connectivity index (χ0v) is 14.0. The predicted molar refractivity (Wildman–Crippen MR) is 91.0 cm³/mol. The van der Waals surface area contributed by atoms with Gasteiger partial charge in [-0.05, 0) is 25.0 Å². The molecule has 6 nitrogen and oxygen atoms in total. The van der Waals surface area contributed by atoms with Gasteiger partial charge in [0.2, 0.25) is 5.91 Å². The van der Waals surface area contributed by atoms with Crippen LogP contribution in [-0.2, 0) is 9.53 Å². The number of benzene rings is 1. The lowest BCUT2D eigenvalue weighted by Gasteiger charge is -2.28. The summed E-state index contributed by atoms with van der Waals surface area (Å²) in [5.41, 5.74) is 2.37. The van der Waals surface area contributed by atoms with Gasteiger partial charge in [-0.1, -0.05) is 6.92 Å². The fourth-order valence-electron chi connectivity index (χ4n) is 3.04. The van der Waals surface area contributed by atoms with Crippen LogP contribution in [0.1, 0.15) is 31.6 Å². The molecule has 2 heterocycles. The van der Waals surface area contributed by atoms with Gasteiger partial charge in [-0.3, -0.25) is 9.69 Å². The molecule has 1 aliphatic carbocycles. The number of carbonyl (C=O) groups is 1. The van der Waals surface area contributed by atoms with Crippen molar-refractivity contribution < 1.29 is 13.9 Å². The van der Waals surface area contributed by atoms with Crippen molar-refractivity contribution in [3.05, 3.63) is 24.1 Å². The molecule has 1 saturated carbocycles. The first-order chi connectivity index (χ1) is 11.7. The summed E-state index contributed by atoms with van der Waals surface area (Å²) >= 11 is 0. The number of nitrogens with one attached hydrogen (secondary N) is 1. The predicted octanol–water partition coefficient (Wildman–Crippen LogP) is 2.61. The van der Waals surface area contributed by atoms with Crippen LogP contribution in [0, 0.1) is 5.92 Å². The van der Waals surface area contributed by atoms with Gasteiger partial charge in [0, 0.05) is 43.2 Å². The Hall–Kier alpha value is -1.92. The molecule has 6 heteroatoms. The van der Waals surface area contributed by atoms with Crippen LogP contribution >= 0.6 is 0 Å². The SMILES string of the molecule is C[C@@H](CN1CCOCC1)C(=O)Nc1ccc2nc(C3CC3)oc2c1. The monoisotopic (exact) mass is 329 g/mol. The number of ether oxygens (including phenoxy) is 1. The van der Waals surface area contributed by atoms with Crippen LogP contribution in [0.25, 0.3) is 11.1 Å². The van der Waals surface area contributed by atoms with E-state index in [1.165, 1.54) is 0 Å². The van der Waals surface area contributed by atoms with Crippen LogP contribution in [0.2, 0.25) is 0 Å². The fourth-order valence-corrected chi connectivity index (χ4v) is 3.04. The van der Waals surface area contributed by atoms with Crippen LogP contribution in [0.15, 0.2) is 22.6 Å². The number of anilines is 1. The molecule has 2 aromatic rings. The first-order valence-electron chi connectivity index (χ1n) is 8.70. The van der Waals surface area contributed by atoms with Crippen molar-refractivity contribution in [2.75, 3.05) is 38.2 Å². The van der Waals surface area contributed by atoms with Crippen molar-refractivity contribution in [2.24, 2.45) is 5.92 Å². The van der Waals surface area contributed by atoms with Crippen molar-refractivity contribution in [3.8, 4) is 0 Å². The lowest BCUT2D eigenvalue weighted by atomic mass is 10.1. The number of hydrogen-bond acceptors (Lipinski definition) is 5. The topological polar surface area (TPSA) is 67.6 Å². The second kappa shape index (κ2) is 6.53. The van der Waals surface area contributed by atoms with E-state index in [2.05, 4.69) is 15.2 Å². The average molecular weight is 329 g/mol. The molecule has 128 valence electrons. The molecular formula is C18H23N3O3. The van der Waals surface area contributed by atoms with Gasteiger partial charge < -0.3 is 14.5 Å². The molecule has 2 aliphatic rings. The highest BCUT2D eigenvalue weighted by Gasteiger charge is 2.29. The third-order valence-corrected chi connectivity index (χ3v) is 4.68. The molecule has 0 spiro atoms. The zero-order valence-electron chi connectivity index (χ0n) is 14.0. The van der Waals surface area contributed by atoms with Gasteiger partial charge >= 0.3 is 0 Å². The minimum atomic E-state index is -0.0736. The normalized spacial score (nSPS) is 20.2. The third-order valence-electron chi connectivity index (χ3n) is 4.68. The summed E-state index contributed by atoms with van der Waals surface area (Å²) in [5, 5.41) is 2.99. The standard InChI is InChI=1S/C18H23N3O3/c1-12(11-21-6-8-23-9-7-21)17(22)19-14-4-5-15-16(10-14)24-18(20-15)13-2-3-13/h4-5,10,12-13H,2-3,6-9,11H2,1H3,(H,19,22)/t12-/m0/s1. The largest absolute Gasteiger partial charge is 0.440 e. The van der Waals surface area contributed by atoms with Crippen LogP contribution < -0.4 is 5.32 Å². The van der Waals surface area contributed by atoms with Crippen molar-refractivity contribution in [2.45, 2.75) is 25.7 Å². The number of morpholine rings is 1. The third kappa shape index (κ3) is 3.44. The highest BCUT2D eigenvalue weighted by atomic mass is 16.5. The van der Waals surface area contributed by atoms with E-state index in [9.17, 15) is 4.79 Å². The number of fused-ring (bicyclic) bond motifs is 1. The quantitative estimate of drug-likeness (QED) is 0.913. The second-order valence-electron chi connectivity index (χ2n) is 6.81. The van der Waals surface area contributed by atoms with Crippen molar-refractivity contribution in [1.82, 2.24) is 9.88 Å². The summed E-state index contributed by atoms with van der Waals surface area (Å²) in [6.07, 6.45) is 2.32. The van der Waals surface area contributed by atoms with Gasteiger partial charge in [-0.25, -0.2) is 4.98 Å². The molecule has 0 unspecified atom stereocenters. The molecule has 0 bridgehead atoms. The second-order valence-corrected chi connectivity index (χ2v) is 6.81. The molecule has 1 aromatic heterocycles. The zero-order chi connectivity index (χ0) is 16.5. The van der Waals surface area contributed by atoms with E-state index in [0.717, 1.165) is 68.4 Å². The average Bonchev–Trinajstić information content (AvgIpc) is 3.35. The number of amides is 1. The molecule has 2 fully saturated rings. The number of rotatable bonds is 5. The molecule has 0 radical (unpaired) electrons. The van der Waals surface area contributed by atoms with Crippen molar-refractivity contribution >= 4 is 22.7 Å². The van der Waals surface area contributed by atoms with Gasteiger partial charge in [0.1, 0.15) is 5.52 Å². The van der Waals surface area contributed by atoms with E-state index in [0.29, 0.717) is 5.92 Å². The first-order valence-corrected chi connectivity index (χ1v) is 8.70. The number of aromatic nitrogens is 1. The lowest BCUT2D eigenvalue weighted by molar-refractivity contribution is -0.120. The molecule has 1 saturated heterocycles. The smallest absolute Gasteiger partial charge is 0.228 e. The van der Waals surface area contributed by atoms with Crippen LogP contribution in [0.5, 0.6) is 0 Å². The first kappa shape index (κ1) is 15.6. The van der Waals surface area contributed by atoms with Gasteiger partial charge in [0.25, 0.3) is 0 Å². The van der Waals surface area contributed by atoms with Crippen LogP contribution in [-0.4, -0.2) is 48.6 Å². The van der Waals surface area contributed by atoms with Gasteiger partial charge in [-0.15, -0.1) is 0 Å². The summed E-state index contributed by atoms with van der Waals surface area (Å²) in [6, 6.07) is 5.67. The number of nitrogens with zero attached hydrogens (tertiary/aromatic N) is 2. The van der Waals surface area contributed by atoms with Crippen LogP contribution in [0.4, 0.5) is 5.69 Å². The van der Waals surface area contributed by atoms with E-state index >= 15 is 0 Å². The maximum absolute atomic E-state index is 12.4. The summed E-state index contributed by atoms with van der Waals surface area (Å²) in [7, 11) is 0. The molecule has 1 amide bonds. The maximum Gasteiger partial charge on any atom is 0.228 e. The van der Waals surface area contributed by atoms with Crippen LogP contribution in [0.3, 0.4) is 0 Å². The highest BCUT2D eigenvalue weighted by molar-refractivity contribution is 5.94. The summed E-state index contributed by atoms with van der Waals surface area (Å²) in [6.45, 7) is 6.01. The number of hydrogen-bond donors (Lipinski definition) is 1. The summed E-state index contributed by atoms with van der Waals surface area (Å²) < 4.78 is 11.2. The minimum Gasteiger partial charge on any atom is -0.440 e. The Labute approximate surface area is 141 Å². The Bertz CT molecular complexity index is 732. The van der Waals surface area contributed by atoms with E-state index in [1.54, 1.807) is 0 Å². The number of oxazole rings is 1. The fraction of sp³-hybridized carbons (Fsp3) is 0.556. The highest BCUT2D eigenvalue weighted by Crippen LogP contribution is 2.40. The number of carbonyl (C=O) groups excluding carboxylic acids is 1. The maximum atomic E-state index is 12.4. The lowest BCUT2D eigenvalue weighted by Crippen LogP contribution is -2.41. The Kier molecular flexibility index (Phi) is 4.24. The summed E-state index contributed by atoms with van der Waals surface area (Å²) in [5.74, 6) is 1.27. The minimum absolute atomic E-state index is 0.0303. The summed E-state index contributed by atoms with van der Waals surface area (Å²) in [4.78, 5) is 19.2. The van der Waals surface area contributed by atoms with Crippen molar-refractivity contribution in [1.29, 1.82) is 0 Å². The Morgan fingerprint density at radius 3 is 2.92 bits per heavy atom. The van der Waals surface area contributed by atoms with Crippen molar-refractivity contribution in [3.63, 3.8) is 0 Å². The Morgan fingerprint density at radius 1 is 1.38 bits per heavy atom. The molecule has 1 aromatic carbocycles. The van der Waals surface area contributed by atoms with E-state index in [1.807, 2.05) is 25.1 Å².